The van der Waals surface area contributed by atoms with Crippen LogP contribution in [0.5, 0.6) is 0 Å². The Hall–Kier alpha value is -1.51. The van der Waals surface area contributed by atoms with Gasteiger partial charge in [0.15, 0.2) is 0 Å². The number of nitrogens with zero attached hydrogens (tertiary/aromatic N) is 1. The summed E-state index contributed by atoms with van der Waals surface area (Å²) in [6.45, 7) is 7.06. The molecule has 0 saturated carbocycles. The van der Waals surface area contributed by atoms with Gasteiger partial charge in [-0.25, -0.2) is 4.79 Å². The highest BCUT2D eigenvalue weighted by atomic mass is 16.2. The quantitative estimate of drug-likeness (QED) is 0.805. The summed E-state index contributed by atoms with van der Waals surface area (Å²) in [6.07, 6.45) is 3.46. The van der Waals surface area contributed by atoms with Crippen LogP contribution in [0.4, 0.5) is 10.5 Å². The summed E-state index contributed by atoms with van der Waals surface area (Å²) in [5.41, 5.74) is 3.20. The van der Waals surface area contributed by atoms with Gasteiger partial charge in [-0.2, -0.15) is 0 Å². The lowest BCUT2D eigenvalue weighted by Gasteiger charge is -2.33. The third-order valence-corrected chi connectivity index (χ3v) is 3.78. The summed E-state index contributed by atoms with van der Waals surface area (Å²) in [7, 11) is 0. The van der Waals surface area contributed by atoms with Crippen LogP contribution in [-0.4, -0.2) is 23.5 Å². The molecule has 0 radical (unpaired) electrons. The van der Waals surface area contributed by atoms with Crippen LogP contribution >= 0.6 is 0 Å². The molecule has 1 atom stereocenters. The second-order valence-corrected chi connectivity index (χ2v) is 5.24. The number of carbonyl (C=O) groups is 1. The van der Waals surface area contributed by atoms with Crippen molar-refractivity contribution in [3.63, 3.8) is 0 Å². The van der Waals surface area contributed by atoms with Crippen molar-refractivity contribution in [2.45, 2.75) is 46.1 Å². The first-order valence-electron chi connectivity index (χ1n) is 6.73. The van der Waals surface area contributed by atoms with Gasteiger partial charge in [0.25, 0.3) is 0 Å². The molecule has 1 saturated heterocycles. The van der Waals surface area contributed by atoms with Crippen molar-refractivity contribution in [1.29, 1.82) is 0 Å². The Balaban J connectivity index is 2.11. The monoisotopic (exact) mass is 246 g/mol. The predicted molar refractivity (Wildman–Crippen MR) is 75.0 cm³/mol. The standard InChI is InChI=1S/C15H22N2O/c1-11-7-6-8-12(2)14(11)16-15(18)17-10-5-4-9-13(17)3/h6-8,13H,4-5,9-10H2,1-3H3,(H,16,18)/t13-/m1/s1. The smallest absolute Gasteiger partial charge is 0.322 e. The lowest BCUT2D eigenvalue weighted by atomic mass is 10.0. The van der Waals surface area contributed by atoms with Crippen molar-refractivity contribution in [1.82, 2.24) is 4.90 Å². The molecule has 0 unspecified atom stereocenters. The first-order chi connectivity index (χ1) is 8.59. The second kappa shape index (κ2) is 5.42. The Kier molecular flexibility index (Phi) is 3.90. The van der Waals surface area contributed by atoms with E-state index in [4.69, 9.17) is 0 Å². The Bertz CT molecular complexity index is 422. The molecule has 1 heterocycles. The number of para-hydroxylation sites is 1. The minimum atomic E-state index is 0.0413. The molecule has 0 bridgehead atoms. The number of carbonyl (C=O) groups excluding carboxylic acids is 1. The number of nitrogens with one attached hydrogen (secondary N) is 1. The molecule has 0 spiro atoms. The van der Waals surface area contributed by atoms with E-state index in [0.29, 0.717) is 6.04 Å². The molecular formula is C15H22N2O. The Labute approximate surface area is 109 Å². The van der Waals surface area contributed by atoms with E-state index < -0.39 is 0 Å². The molecule has 2 rings (SSSR count). The summed E-state index contributed by atoms with van der Waals surface area (Å²) in [5, 5.41) is 3.07. The number of hydrogen-bond acceptors (Lipinski definition) is 1. The molecule has 0 aliphatic carbocycles. The third kappa shape index (κ3) is 2.66. The van der Waals surface area contributed by atoms with E-state index in [9.17, 15) is 4.79 Å². The number of piperidine rings is 1. The highest BCUT2D eigenvalue weighted by Crippen LogP contribution is 2.22. The zero-order chi connectivity index (χ0) is 13.1. The summed E-state index contributed by atoms with van der Waals surface area (Å²) in [6, 6.07) is 6.47. The van der Waals surface area contributed by atoms with Crippen LogP contribution in [0, 0.1) is 13.8 Å². The van der Waals surface area contributed by atoms with Gasteiger partial charge in [0.1, 0.15) is 0 Å². The highest BCUT2D eigenvalue weighted by Gasteiger charge is 2.23. The van der Waals surface area contributed by atoms with Crippen molar-refractivity contribution < 1.29 is 4.79 Å². The van der Waals surface area contributed by atoms with E-state index >= 15 is 0 Å². The van der Waals surface area contributed by atoms with Crippen molar-refractivity contribution in [2.24, 2.45) is 0 Å². The topological polar surface area (TPSA) is 32.3 Å². The number of urea groups is 1. The molecule has 98 valence electrons. The van der Waals surface area contributed by atoms with Gasteiger partial charge < -0.3 is 10.2 Å². The van der Waals surface area contributed by atoms with Crippen LogP contribution in [0.3, 0.4) is 0 Å². The number of likely N-dealkylation sites (tertiary alicyclic amines) is 1. The fraction of sp³-hybridized carbons (Fsp3) is 0.533. The van der Waals surface area contributed by atoms with Gasteiger partial charge in [0, 0.05) is 18.3 Å². The fourth-order valence-electron chi connectivity index (χ4n) is 2.59. The van der Waals surface area contributed by atoms with Crippen LogP contribution in [0.2, 0.25) is 0 Å². The van der Waals surface area contributed by atoms with E-state index in [2.05, 4.69) is 12.2 Å². The maximum absolute atomic E-state index is 12.3. The number of aryl methyl sites for hydroxylation is 2. The molecular weight excluding hydrogens is 224 g/mol. The van der Waals surface area contributed by atoms with E-state index in [-0.39, 0.29) is 6.03 Å². The minimum absolute atomic E-state index is 0.0413. The van der Waals surface area contributed by atoms with E-state index in [0.717, 1.165) is 36.2 Å². The number of anilines is 1. The van der Waals surface area contributed by atoms with Gasteiger partial charge in [0.05, 0.1) is 0 Å². The van der Waals surface area contributed by atoms with Gasteiger partial charge in [-0.1, -0.05) is 18.2 Å². The van der Waals surface area contributed by atoms with Crippen LogP contribution in [0.25, 0.3) is 0 Å². The zero-order valence-corrected chi connectivity index (χ0v) is 11.5. The van der Waals surface area contributed by atoms with Crippen molar-refractivity contribution in [3.05, 3.63) is 29.3 Å². The van der Waals surface area contributed by atoms with Crippen LogP contribution < -0.4 is 5.32 Å². The molecule has 1 aliphatic rings. The lowest BCUT2D eigenvalue weighted by Crippen LogP contribution is -2.44. The van der Waals surface area contributed by atoms with Crippen molar-refractivity contribution in [3.8, 4) is 0 Å². The van der Waals surface area contributed by atoms with Crippen LogP contribution in [-0.2, 0) is 0 Å². The predicted octanol–water partition coefficient (Wildman–Crippen LogP) is 3.71. The molecule has 1 aromatic rings. The highest BCUT2D eigenvalue weighted by molar-refractivity contribution is 5.91. The number of benzene rings is 1. The summed E-state index contributed by atoms with van der Waals surface area (Å²) >= 11 is 0. The SMILES string of the molecule is Cc1cccc(C)c1NC(=O)N1CCCC[C@H]1C. The maximum Gasteiger partial charge on any atom is 0.322 e. The van der Waals surface area contributed by atoms with Gasteiger partial charge in [-0.3, -0.25) is 0 Å². The minimum Gasteiger partial charge on any atom is -0.322 e. The Morgan fingerprint density at radius 1 is 1.28 bits per heavy atom. The fourth-order valence-corrected chi connectivity index (χ4v) is 2.59. The molecule has 3 heteroatoms. The van der Waals surface area contributed by atoms with Crippen molar-refractivity contribution >= 4 is 11.7 Å². The van der Waals surface area contributed by atoms with E-state index in [1.54, 1.807) is 0 Å². The molecule has 1 aliphatic heterocycles. The second-order valence-electron chi connectivity index (χ2n) is 5.24. The molecule has 3 nitrogen and oxygen atoms in total. The van der Waals surface area contributed by atoms with Gasteiger partial charge in [0.2, 0.25) is 0 Å². The summed E-state index contributed by atoms with van der Waals surface area (Å²) in [4.78, 5) is 14.3. The number of hydrogen-bond donors (Lipinski definition) is 1. The van der Waals surface area contributed by atoms with Gasteiger partial charge >= 0.3 is 6.03 Å². The number of rotatable bonds is 1. The zero-order valence-electron chi connectivity index (χ0n) is 11.5. The average molecular weight is 246 g/mol. The van der Waals surface area contributed by atoms with Gasteiger partial charge in [-0.05, 0) is 51.2 Å². The Morgan fingerprint density at radius 3 is 2.56 bits per heavy atom. The van der Waals surface area contributed by atoms with E-state index in [1.807, 2.05) is 36.9 Å². The van der Waals surface area contributed by atoms with Crippen molar-refractivity contribution in [2.75, 3.05) is 11.9 Å². The summed E-state index contributed by atoms with van der Waals surface area (Å²) < 4.78 is 0. The molecule has 1 aromatic carbocycles. The van der Waals surface area contributed by atoms with E-state index in [1.165, 1.54) is 6.42 Å². The molecule has 2 amide bonds. The first-order valence-corrected chi connectivity index (χ1v) is 6.73. The molecule has 1 N–H and O–H groups in total. The molecule has 0 aromatic heterocycles. The van der Waals surface area contributed by atoms with Crippen LogP contribution in [0.15, 0.2) is 18.2 Å². The average Bonchev–Trinajstić information content (AvgIpc) is 2.34. The Morgan fingerprint density at radius 2 is 1.94 bits per heavy atom. The first kappa shape index (κ1) is 12.9. The number of amides is 2. The summed E-state index contributed by atoms with van der Waals surface area (Å²) in [5.74, 6) is 0. The maximum atomic E-state index is 12.3. The normalized spacial score (nSPS) is 19.7. The lowest BCUT2D eigenvalue weighted by molar-refractivity contribution is 0.170. The van der Waals surface area contributed by atoms with Crippen LogP contribution in [0.1, 0.15) is 37.3 Å². The molecule has 18 heavy (non-hydrogen) atoms. The van der Waals surface area contributed by atoms with Gasteiger partial charge in [-0.15, -0.1) is 0 Å². The molecule has 1 fully saturated rings. The third-order valence-electron chi connectivity index (χ3n) is 3.78. The largest absolute Gasteiger partial charge is 0.322 e.